The first-order valence-corrected chi connectivity index (χ1v) is 6.68. The van der Waals surface area contributed by atoms with Crippen LogP contribution >= 0.6 is 0 Å². The van der Waals surface area contributed by atoms with Crippen LogP contribution in [0.5, 0.6) is 0 Å². The van der Waals surface area contributed by atoms with Crippen molar-refractivity contribution in [2.24, 2.45) is 0 Å². The summed E-state index contributed by atoms with van der Waals surface area (Å²) in [4.78, 5) is 16.9. The normalized spacial score (nSPS) is 19.3. The maximum absolute atomic E-state index is 11.1. The van der Waals surface area contributed by atoms with E-state index in [0.717, 1.165) is 32.5 Å². The van der Waals surface area contributed by atoms with Gasteiger partial charge in [-0.3, -0.25) is 10.1 Å². The molecule has 0 spiro atoms. The number of pyridine rings is 1. The molecule has 1 aromatic heterocycles. The summed E-state index contributed by atoms with van der Waals surface area (Å²) >= 11 is 0. The van der Waals surface area contributed by atoms with Gasteiger partial charge in [-0.15, -0.1) is 0 Å². The van der Waals surface area contributed by atoms with Crippen LogP contribution < -0.4 is 5.32 Å². The molecule has 2 heterocycles. The molecular formula is C13H17N5O2. The van der Waals surface area contributed by atoms with Crippen LogP contribution in [-0.2, 0) is 0 Å². The van der Waals surface area contributed by atoms with E-state index in [9.17, 15) is 10.1 Å². The highest BCUT2D eigenvalue weighted by atomic mass is 16.6. The predicted octanol–water partition coefficient (Wildman–Crippen LogP) is 1.76. The first kappa shape index (κ1) is 14.2. The molecule has 7 heteroatoms. The molecule has 0 radical (unpaired) electrons. The third-order valence-corrected chi connectivity index (χ3v) is 3.52. The number of aromatic nitrogens is 1. The van der Waals surface area contributed by atoms with Crippen molar-refractivity contribution in [1.29, 1.82) is 5.26 Å². The molecule has 0 bridgehead atoms. The van der Waals surface area contributed by atoms with Gasteiger partial charge in [0.25, 0.3) is 0 Å². The number of nitriles is 1. The van der Waals surface area contributed by atoms with Gasteiger partial charge in [0.2, 0.25) is 5.82 Å². The molecular weight excluding hydrogens is 258 g/mol. The molecule has 2 rings (SSSR count). The second kappa shape index (κ2) is 6.30. The van der Waals surface area contributed by atoms with Crippen LogP contribution in [-0.4, -0.2) is 40.5 Å². The van der Waals surface area contributed by atoms with Crippen molar-refractivity contribution in [1.82, 2.24) is 9.88 Å². The predicted molar refractivity (Wildman–Crippen MR) is 74.4 cm³/mol. The van der Waals surface area contributed by atoms with Gasteiger partial charge in [0.05, 0.1) is 4.92 Å². The highest BCUT2D eigenvalue weighted by Crippen LogP contribution is 2.27. The van der Waals surface area contributed by atoms with E-state index in [2.05, 4.69) is 22.1 Å². The van der Waals surface area contributed by atoms with E-state index < -0.39 is 4.92 Å². The highest BCUT2D eigenvalue weighted by molar-refractivity contribution is 5.64. The topological polar surface area (TPSA) is 95.1 Å². The Kier molecular flexibility index (Phi) is 4.48. The van der Waals surface area contributed by atoms with Crippen molar-refractivity contribution in [2.45, 2.75) is 25.8 Å². The monoisotopic (exact) mass is 275 g/mol. The van der Waals surface area contributed by atoms with Crippen molar-refractivity contribution < 1.29 is 4.92 Å². The van der Waals surface area contributed by atoms with Gasteiger partial charge in [0.15, 0.2) is 0 Å². The number of nitro groups is 1. The summed E-state index contributed by atoms with van der Waals surface area (Å²) in [5, 5.41) is 23.2. The summed E-state index contributed by atoms with van der Waals surface area (Å²) in [6.07, 6.45) is 3.43. The molecule has 1 aromatic rings. The van der Waals surface area contributed by atoms with E-state index >= 15 is 0 Å². The molecule has 0 aliphatic carbocycles. The zero-order chi connectivity index (χ0) is 14.5. The largest absolute Gasteiger partial charge is 0.360 e. The van der Waals surface area contributed by atoms with Crippen molar-refractivity contribution in [3.63, 3.8) is 0 Å². The van der Waals surface area contributed by atoms with E-state index in [-0.39, 0.29) is 23.1 Å². The Hall–Kier alpha value is -2.20. The Bertz CT molecular complexity index is 540. The summed E-state index contributed by atoms with van der Waals surface area (Å²) in [6, 6.07) is 3.33. The quantitative estimate of drug-likeness (QED) is 0.664. The number of piperidine rings is 1. The number of likely N-dealkylation sites (N-methyl/N-ethyl adjacent to an activating group) is 1. The molecule has 1 aliphatic heterocycles. The van der Waals surface area contributed by atoms with Crippen LogP contribution in [0, 0.1) is 21.4 Å². The maximum Gasteiger partial charge on any atom is 0.328 e. The molecule has 1 fully saturated rings. The number of likely N-dealkylation sites (tertiary alicyclic amines) is 1. The fourth-order valence-electron chi connectivity index (χ4n) is 2.49. The smallest absolute Gasteiger partial charge is 0.328 e. The molecule has 0 amide bonds. The van der Waals surface area contributed by atoms with E-state index in [1.807, 2.05) is 6.07 Å². The fraction of sp³-hybridized carbons (Fsp3) is 0.538. The van der Waals surface area contributed by atoms with Crippen molar-refractivity contribution >= 4 is 11.5 Å². The number of nitrogens with zero attached hydrogens (tertiary/aromatic N) is 4. The lowest BCUT2D eigenvalue weighted by Crippen LogP contribution is -2.42. The highest BCUT2D eigenvalue weighted by Gasteiger charge is 2.25. The van der Waals surface area contributed by atoms with Gasteiger partial charge >= 0.3 is 5.69 Å². The first-order chi connectivity index (χ1) is 9.65. The zero-order valence-electron chi connectivity index (χ0n) is 11.4. The van der Waals surface area contributed by atoms with Crippen molar-refractivity contribution in [2.75, 3.05) is 25.0 Å². The van der Waals surface area contributed by atoms with E-state index in [4.69, 9.17) is 5.26 Å². The van der Waals surface area contributed by atoms with Gasteiger partial charge in [0, 0.05) is 18.8 Å². The molecule has 106 valence electrons. The second-order valence-electron chi connectivity index (χ2n) is 4.80. The van der Waals surface area contributed by atoms with Crippen molar-refractivity contribution in [3.05, 3.63) is 27.9 Å². The molecule has 1 atom stereocenters. The van der Waals surface area contributed by atoms with E-state index in [0.29, 0.717) is 0 Å². The standard InChI is InChI=1S/C13H17N5O2/c1-2-17-7-3-4-11(9-17)16-13-12(18(19)20)10(8-14)5-6-15-13/h5-6,11H,2-4,7,9H2,1H3,(H,15,16). The Morgan fingerprint density at radius 2 is 2.50 bits per heavy atom. The lowest BCUT2D eigenvalue weighted by molar-refractivity contribution is -0.384. The molecule has 7 nitrogen and oxygen atoms in total. The number of rotatable bonds is 4. The van der Waals surface area contributed by atoms with Gasteiger partial charge in [0.1, 0.15) is 11.6 Å². The molecule has 1 unspecified atom stereocenters. The maximum atomic E-state index is 11.1. The average Bonchev–Trinajstić information content (AvgIpc) is 2.46. The van der Waals surface area contributed by atoms with Gasteiger partial charge in [-0.1, -0.05) is 6.92 Å². The van der Waals surface area contributed by atoms with Crippen LogP contribution in [0.2, 0.25) is 0 Å². The number of nitrogens with one attached hydrogen (secondary N) is 1. The van der Waals surface area contributed by atoms with Crippen LogP contribution in [0.25, 0.3) is 0 Å². The third kappa shape index (κ3) is 3.03. The Morgan fingerprint density at radius 3 is 3.15 bits per heavy atom. The zero-order valence-corrected chi connectivity index (χ0v) is 11.4. The van der Waals surface area contributed by atoms with Gasteiger partial charge in [-0.2, -0.15) is 5.26 Å². The molecule has 0 saturated carbocycles. The summed E-state index contributed by atoms with van der Waals surface area (Å²) in [5.74, 6) is 0.192. The Labute approximate surface area is 117 Å². The fourth-order valence-corrected chi connectivity index (χ4v) is 2.49. The summed E-state index contributed by atoms with van der Waals surface area (Å²) in [6.45, 7) is 4.96. The van der Waals surface area contributed by atoms with E-state index in [1.54, 1.807) is 0 Å². The van der Waals surface area contributed by atoms with Crippen LogP contribution in [0.4, 0.5) is 11.5 Å². The van der Waals surface area contributed by atoms with Crippen LogP contribution in [0.1, 0.15) is 25.3 Å². The van der Waals surface area contributed by atoms with Crippen LogP contribution in [0.15, 0.2) is 12.3 Å². The van der Waals surface area contributed by atoms with Crippen molar-refractivity contribution in [3.8, 4) is 6.07 Å². The van der Waals surface area contributed by atoms with Crippen LogP contribution in [0.3, 0.4) is 0 Å². The average molecular weight is 275 g/mol. The summed E-state index contributed by atoms with van der Waals surface area (Å²) in [7, 11) is 0. The molecule has 0 aromatic carbocycles. The first-order valence-electron chi connectivity index (χ1n) is 6.68. The van der Waals surface area contributed by atoms with Gasteiger partial charge < -0.3 is 10.2 Å². The minimum atomic E-state index is -0.547. The molecule has 20 heavy (non-hydrogen) atoms. The van der Waals surface area contributed by atoms with Gasteiger partial charge in [-0.05, 0) is 32.0 Å². The van der Waals surface area contributed by atoms with E-state index in [1.165, 1.54) is 12.3 Å². The second-order valence-corrected chi connectivity index (χ2v) is 4.80. The summed E-state index contributed by atoms with van der Waals surface area (Å²) in [5.41, 5.74) is -0.195. The Balaban J connectivity index is 2.21. The molecule has 1 aliphatic rings. The lowest BCUT2D eigenvalue weighted by Gasteiger charge is -2.32. The van der Waals surface area contributed by atoms with Gasteiger partial charge in [-0.25, -0.2) is 4.98 Å². The minimum absolute atomic E-state index is 0.0376. The number of hydrogen-bond acceptors (Lipinski definition) is 6. The number of anilines is 1. The minimum Gasteiger partial charge on any atom is -0.360 e. The molecule has 1 saturated heterocycles. The summed E-state index contributed by atoms with van der Waals surface area (Å²) < 4.78 is 0. The SMILES string of the molecule is CCN1CCCC(Nc2nccc(C#N)c2[N+](=O)[O-])C1. The molecule has 1 N–H and O–H groups in total. The number of hydrogen-bond donors (Lipinski definition) is 1. The lowest BCUT2D eigenvalue weighted by atomic mass is 10.1. The third-order valence-electron chi connectivity index (χ3n) is 3.52. The Morgan fingerprint density at radius 1 is 1.70 bits per heavy atom.